The molecule has 0 bridgehead atoms. The monoisotopic (exact) mass is 610 g/mol. The van der Waals surface area contributed by atoms with E-state index >= 15 is 4.79 Å². The Hall–Kier alpha value is -5.04. The average Bonchev–Trinajstić information content (AvgIpc) is 3.78. The number of aromatic nitrogens is 1. The Balaban J connectivity index is 1.46. The van der Waals surface area contributed by atoms with E-state index in [0.717, 1.165) is 44.5 Å². The molecule has 0 aliphatic carbocycles. The fraction of sp³-hybridized carbons (Fsp3) is 0.282. The van der Waals surface area contributed by atoms with E-state index in [0.29, 0.717) is 19.5 Å². The van der Waals surface area contributed by atoms with E-state index in [2.05, 4.69) is 64.5 Å². The summed E-state index contributed by atoms with van der Waals surface area (Å²) in [6.07, 6.45) is 1.78. The highest BCUT2D eigenvalue weighted by Crippen LogP contribution is 2.67. The number of aromatic amines is 1. The van der Waals surface area contributed by atoms with Crippen molar-refractivity contribution >= 4 is 34.3 Å². The third-order valence-electron chi connectivity index (χ3n) is 10.3. The van der Waals surface area contributed by atoms with E-state index in [9.17, 15) is 4.79 Å². The molecule has 3 atom stereocenters. The number of ether oxygens (including phenoxy) is 1. The Morgan fingerprint density at radius 2 is 1.50 bits per heavy atom. The highest BCUT2D eigenvalue weighted by molar-refractivity contribution is 6.14. The zero-order valence-corrected chi connectivity index (χ0v) is 26.7. The number of nitrogens with one attached hydrogen (secondary N) is 1. The number of fused-ring (bicyclic) bond motifs is 5. The second-order valence-electron chi connectivity index (χ2n) is 13.8. The summed E-state index contributed by atoms with van der Waals surface area (Å²) in [6, 6.07) is 35.0. The maximum atomic E-state index is 15.9. The fourth-order valence-electron chi connectivity index (χ4n) is 8.70. The molecular formula is C39H38N4O3. The molecular weight excluding hydrogens is 572 g/mol. The molecule has 1 aromatic heterocycles. The van der Waals surface area contributed by atoms with Gasteiger partial charge in [-0.25, -0.2) is 4.79 Å². The third kappa shape index (κ3) is 3.71. The van der Waals surface area contributed by atoms with Gasteiger partial charge in [-0.2, -0.15) is 0 Å². The smallest absolute Gasteiger partial charge is 0.411 e. The van der Waals surface area contributed by atoms with Crippen molar-refractivity contribution in [2.45, 2.75) is 56.3 Å². The first kappa shape index (κ1) is 28.4. The van der Waals surface area contributed by atoms with Gasteiger partial charge in [0.25, 0.3) is 0 Å². The number of amides is 2. The van der Waals surface area contributed by atoms with Gasteiger partial charge in [0, 0.05) is 42.1 Å². The van der Waals surface area contributed by atoms with Crippen LogP contribution in [0.1, 0.15) is 49.4 Å². The molecule has 4 aromatic carbocycles. The lowest BCUT2D eigenvalue weighted by molar-refractivity contribution is -0.124. The molecule has 5 aromatic rings. The predicted molar refractivity (Wildman–Crippen MR) is 181 cm³/mol. The minimum absolute atomic E-state index is 0.0171. The topological polar surface area (TPSA) is 68.9 Å². The van der Waals surface area contributed by atoms with Gasteiger partial charge in [-0.05, 0) is 67.6 Å². The average molecular weight is 611 g/mol. The molecule has 4 heterocycles. The quantitative estimate of drug-likeness (QED) is 0.231. The maximum absolute atomic E-state index is 15.9. The van der Waals surface area contributed by atoms with Gasteiger partial charge < -0.3 is 19.5 Å². The number of rotatable bonds is 4. The number of hydrogen-bond acceptors (Lipinski definition) is 4. The molecule has 8 rings (SSSR count). The molecule has 7 nitrogen and oxygen atoms in total. The molecule has 1 saturated heterocycles. The van der Waals surface area contributed by atoms with Crippen LogP contribution in [-0.4, -0.2) is 47.2 Å². The summed E-state index contributed by atoms with van der Waals surface area (Å²) in [5, 5.41) is 1.00. The Bertz CT molecular complexity index is 2000. The molecule has 3 aliphatic heterocycles. The summed E-state index contributed by atoms with van der Waals surface area (Å²) in [5.41, 5.74) is 4.24. The number of H-pyrrole nitrogens is 1. The number of para-hydroxylation sites is 3. The van der Waals surface area contributed by atoms with Gasteiger partial charge in [0.2, 0.25) is 5.91 Å². The molecule has 0 spiro atoms. The van der Waals surface area contributed by atoms with Crippen LogP contribution in [0.4, 0.5) is 16.2 Å². The summed E-state index contributed by atoms with van der Waals surface area (Å²) < 4.78 is 6.03. The SMILES string of the molecule is CN1c2ccccc2C2(C3(c4c[nH]c5ccccc45)C(=O)N(Cc4ccccc4)c4ccccc43)CCN(C(=O)OC(C)(C)C)[C@@H]12. The molecule has 46 heavy (non-hydrogen) atoms. The summed E-state index contributed by atoms with van der Waals surface area (Å²) in [7, 11) is 2.05. The number of carbonyl (C=O) groups excluding carboxylic acids is 2. The van der Waals surface area contributed by atoms with E-state index in [4.69, 9.17) is 4.74 Å². The van der Waals surface area contributed by atoms with Gasteiger partial charge in [-0.3, -0.25) is 9.69 Å². The van der Waals surface area contributed by atoms with E-state index in [1.807, 2.05) is 92.3 Å². The molecule has 2 unspecified atom stereocenters. The Labute approximate surface area is 269 Å². The first-order valence-electron chi connectivity index (χ1n) is 16.0. The normalized spacial score (nSPS) is 23.5. The molecule has 1 fully saturated rings. The zero-order chi connectivity index (χ0) is 31.8. The van der Waals surface area contributed by atoms with Crippen molar-refractivity contribution in [3.05, 3.63) is 132 Å². The second kappa shape index (κ2) is 9.98. The summed E-state index contributed by atoms with van der Waals surface area (Å²) in [5.74, 6) is 0.0171. The van der Waals surface area contributed by atoms with Crippen molar-refractivity contribution in [3.63, 3.8) is 0 Å². The van der Waals surface area contributed by atoms with E-state index in [1.54, 1.807) is 0 Å². The molecule has 232 valence electrons. The fourth-order valence-corrected chi connectivity index (χ4v) is 8.70. The first-order valence-corrected chi connectivity index (χ1v) is 16.0. The van der Waals surface area contributed by atoms with Gasteiger partial charge >= 0.3 is 6.09 Å². The maximum Gasteiger partial charge on any atom is 0.411 e. The predicted octanol–water partition coefficient (Wildman–Crippen LogP) is 7.36. The third-order valence-corrected chi connectivity index (χ3v) is 10.3. The van der Waals surface area contributed by atoms with Gasteiger partial charge in [-0.1, -0.05) is 84.9 Å². The second-order valence-corrected chi connectivity index (χ2v) is 13.8. The summed E-state index contributed by atoms with van der Waals surface area (Å²) in [4.78, 5) is 39.5. The van der Waals surface area contributed by atoms with Gasteiger partial charge in [0.05, 0.1) is 12.0 Å². The van der Waals surface area contributed by atoms with Gasteiger partial charge in [0.1, 0.15) is 17.2 Å². The summed E-state index contributed by atoms with van der Waals surface area (Å²) >= 11 is 0. The van der Waals surface area contributed by atoms with Crippen LogP contribution >= 0.6 is 0 Å². The van der Waals surface area contributed by atoms with Crippen molar-refractivity contribution < 1.29 is 14.3 Å². The molecule has 1 N–H and O–H groups in total. The number of likely N-dealkylation sites (N-methyl/N-ethyl adjacent to an activating group) is 1. The van der Waals surface area contributed by atoms with Crippen LogP contribution in [0.15, 0.2) is 109 Å². The van der Waals surface area contributed by atoms with Gasteiger partial charge in [-0.15, -0.1) is 0 Å². The molecule has 0 saturated carbocycles. The number of nitrogens with zero attached hydrogens (tertiary/aromatic N) is 3. The Morgan fingerprint density at radius 3 is 2.26 bits per heavy atom. The molecule has 3 aliphatic rings. The lowest BCUT2D eigenvalue weighted by atomic mass is 9.53. The Morgan fingerprint density at radius 1 is 0.848 bits per heavy atom. The van der Waals surface area contributed by atoms with Crippen LogP contribution in [-0.2, 0) is 26.9 Å². The minimum Gasteiger partial charge on any atom is -0.444 e. The van der Waals surface area contributed by atoms with Crippen LogP contribution in [0, 0.1) is 0 Å². The van der Waals surface area contributed by atoms with E-state index < -0.39 is 22.6 Å². The number of benzene rings is 4. The highest BCUT2D eigenvalue weighted by Gasteiger charge is 2.74. The summed E-state index contributed by atoms with van der Waals surface area (Å²) in [6.45, 7) is 6.58. The van der Waals surface area contributed by atoms with Crippen LogP contribution in [0.5, 0.6) is 0 Å². The van der Waals surface area contributed by atoms with Gasteiger partial charge in [0.15, 0.2) is 0 Å². The van der Waals surface area contributed by atoms with Crippen LogP contribution in [0.2, 0.25) is 0 Å². The minimum atomic E-state index is -1.17. The van der Waals surface area contributed by atoms with Crippen LogP contribution < -0.4 is 9.80 Å². The lowest BCUT2D eigenvalue weighted by Gasteiger charge is -2.47. The highest BCUT2D eigenvalue weighted by atomic mass is 16.6. The number of likely N-dealkylation sites (tertiary alicyclic amines) is 1. The standard InChI is InChI=1S/C39H38N4O3/c1-37(2,3)46-36(45)42-23-22-38(28-17-9-12-20-32(28)41(4)34(38)42)39(30-24-40-31-19-11-8-16-27(30)31)29-18-10-13-21-33(29)43(35(39)44)25-26-14-6-5-7-15-26/h5-21,24,34,40H,22-23,25H2,1-4H3/t34-,38?,39?/m1/s1. The van der Waals surface area contributed by atoms with Crippen LogP contribution in [0.25, 0.3) is 10.9 Å². The van der Waals surface area contributed by atoms with Crippen molar-refractivity contribution in [2.75, 3.05) is 23.4 Å². The van der Waals surface area contributed by atoms with Crippen molar-refractivity contribution in [1.29, 1.82) is 0 Å². The first-order chi connectivity index (χ1) is 22.2. The molecule has 2 amide bonds. The van der Waals surface area contributed by atoms with Crippen LogP contribution in [0.3, 0.4) is 0 Å². The van der Waals surface area contributed by atoms with Crippen molar-refractivity contribution in [3.8, 4) is 0 Å². The number of anilines is 2. The van der Waals surface area contributed by atoms with E-state index in [1.165, 1.54) is 0 Å². The Kier molecular flexibility index (Phi) is 6.17. The molecule has 0 radical (unpaired) electrons. The lowest BCUT2D eigenvalue weighted by Crippen LogP contribution is -2.63. The zero-order valence-electron chi connectivity index (χ0n) is 26.7. The van der Waals surface area contributed by atoms with Crippen molar-refractivity contribution in [1.82, 2.24) is 9.88 Å². The van der Waals surface area contributed by atoms with E-state index in [-0.39, 0.29) is 12.0 Å². The number of carbonyl (C=O) groups is 2. The number of hydrogen-bond donors (Lipinski definition) is 1. The largest absolute Gasteiger partial charge is 0.444 e. The van der Waals surface area contributed by atoms with Crippen molar-refractivity contribution in [2.24, 2.45) is 0 Å². The molecule has 7 heteroatoms.